The summed E-state index contributed by atoms with van der Waals surface area (Å²) in [5.74, 6) is -0.118. The standard InChI is InChI=1S/C11H14N2O/c1-2-3-11(14)13-10-6-4-9(8-12)5-7-10/h2-7H,8,12H2,1H3,(H,13,14)/b3-2+. The van der Waals surface area contributed by atoms with E-state index in [0.717, 1.165) is 11.3 Å². The third-order valence-electron chi connectivity index (χ3n) is 1.78. The Labute approximate surface area is 83.6 Å². The van der Waals surface area contributed by atoms with Gasteiger partial charge in [-0.3, -0.25) is 4.79 Å². The lowest BCUT2D eigenvalue weighted by Crippen LogP contribution is -2.07. The molecule has 1 amide bonds. The molecule has 3 nitrogen and oxygen atoms in total. The lowest BCUT2D eigenvalue weighted by molar-refractivity contribution is -0.111. The number of amides is 1. The molecule has 0 aromatic heterocycles. The third kappa shape index (κ3) is 3.03. The van der Waals surface area contributed by atoms with Gasteiger partial charge in [0.25, 0.3) is 0 Å². The summed E-state index contributed by atoms with van der Waals surface area (Å²) in [4.78, 5) is 11.1. The van der Waals surface area contributed by atoms with Gasteiger partial charge in [-0.25, -0.2) is 0 Å². The summed E-state index contributed by atoms with van der Waals surface area (Å²) >= 11 is 0. The monoisotopic (exact) mass is 190 g/mol. The summed E-state index contributed by atoms with van der Waals surface area (Å²) in [7, 11) is 0. The molecule has 0 atom stereocenters. The second-order valence-electron chi connectivity index (χ2n) is 2.89. The zero-order valence-corrected chi connectivity index (χ0v) is 8.16. The fourth-order valence-corrected chi connectivity index (χ4v) is 1.06. The Hall–Kier alpha value is -1.61. The molecule has 0 aliphatic heterocycles. The first-order chi connectivity index (χ1) is 6.76. The van der Waals surface area contributed by atoms with E-state index < -0.39 is 0 Å². The highest BCUT2D eigenvalue weighted by Gasteiger charge is 1.96. The highest BCUT2D eigenvalue weighted by Crippen LogP contribution is 2.08. The van der Waals surface area contributed by atoms with Crippen molar-refractivity contribution in [2.45, 2.75) is 13.5 Å². The molecule has 3 heteroatoms. The molecule has 0 aliphatic carbocycles. The summed E-state index contributed by atoms with van der Waals surface area (Å²) in [5.41, 5.74) is 7.28. The molecule has 3 N–H and O–H groups in total. The second-order valence-corrected chi connectivity index (χ2v) is 2.89. The minimum absolute atomic E-state index is 0.118. The van der Waals surface area contributed by atoms with Gasteiger partial charge in [-0.05, 0) is 30.7 Å². The lowest BCUT2D eigenvalue weighted by atomic mass is 10.2. The number of benzene rings is 1. The smallest absolute Gasteiger partial charge is 0.248 e. The first-order valence-electron chi connectivity index (χ1n) is 4.49. The van der Waals surface area contributed by atoms with Crippen LogP contribution in [-0.2, 0) is 11.3 Å². The van der Waals surface area contributed by atoms with Gasteiger partial charge in [-0.1, -0.05) is 18.2 Å². The number of hydrogen-bond acceptors (Lipinski definition) is 2. The van der Waals surface area contributed by atoms with Gasteiger partial charge in [-0.15, -0.1) is 0 Å². The molecule has 0 unspecified atom stereocenters. The Balaban J connectivity index is 2.64. The SMILES string of the molecule is C/C=C/C(=O)Nc1ccc(CN)cc1. The molecule has 1 aromatic rings. The van der Waals surface area contributed by atoms with E-state index in [0.29, 0.717) is 6.54 Å². The maximum absolute atomic E-state index is 11.1. The Morgan fingerprint density at radius 2 is 2.07 bits per heavy atom. The molecule has 0 radical (unpaired) electrons. The van der Waals surface area contributed by atoms with Crippen LogP contribution < -0.4 is 11.1 Å². The van der Waals surface area contributed by atoms with Crippen molar-refractivity contribution < 1.29 is 4.79 Å². The highest BCUT2D eigenvalue weighted by molar-refractivity contribution is 5.99. The molecule has 0 aliphatic rings. The number of anilines is 1. The number of nitrogens with two attached hydrogens (primary N) is 1. The molecule has 0 saturated carbocycles. The van der Waals surface area contributed by atoms with Crippen molar-refractivity contribution >= 4 is 11.6 Å². The van der Waals surface area contributed by atoms with Crippen molar-refractivity contribution in [1.29, 1.82) is 0 Å². The van der Waals surface area contributed by atoms with Crippen LogP contribution >= 0.6 is 0 Å². The molecular weight excluding hydrogens is 176 g/mol. The molecular formula is C11H14N2O. The summed E-state index contributed by atoms with van der Waals surface area (Å²) in [6, 6.07) is 7.46. The largest absolute Gasteiger partial charge is 0.326 e. The third-order valence-corrected chi connectivity index (χ3v) is 1.78. The topological polar surface area (TPSA) is 55.1 Å². The summed E-state index contributed by atoms with van der Waals surface area (Å²) < 4.78 is 0. The van der Waals surface area contributed by atoms with E-state index in [-0.39, 0.29) is 5.91 Å². The van der Waals surface area contributed by atoms with Gasteiger partial charge in [0, 0.05) is 12.2 Å². The normalized spacial score (nSPS) is 10.4. The van der Waals surface area contributed by atoms with E-state index in [4.69, 9.17) is 5.73 Å². The zero-order chi connectivity index (χ0) is 10.4. The van der Waals surface area contributed by atoms with Gasteiger partial charge < -0.3 is 11.1 Å². The number of rotatable bonds is 3. The van der Waals surface area contributed by atoms with Crippen molar-refractivity contribution in [2.75, 3.05) is 5.32 Å². The molecule has 1 aromatic carbocycles. The number of carbonyl (C=O) groups is 1. The van der Waals surface area contributed by atoms with Crippen molar-refractivity contribution in [3.05, 3.63) is 42.0 Å². The number of allylic oxidation sites excluding steroid dienone is 1. The Morgan fingerprint density at radius 1 is 1.43 bits per heavy atom. The molecule has 0 spiro atoms. The Bertz CT molecular complexity index is 328. The molecule has 0 bridgehead atoms. The molecule has 74 valence electrons. The van der Waals surface area contributed by atoms with Crippen LogP contribution in [0.15, 0.2) is 36.4 Å². The average molecular weight is 190 g/mol. The molecule has 14 heavy (non-hydrogen) atoms. The van der Waals surface area contributed by atoms with Crippen LogP contribution in [0.3, 0.4) is 0 Å². The van der Waals surface area contributed by atoms with Crippen LogP contribution in [0, 0.1) is 0 Å². The van der Waals surface area contributed by atoms with Crippen molar-refractivity contribution in [3.63, 3.8) is 0 Å². The summed E-state index contributed by atoms with van der Waals surface area (Å²) in [6.45, 7) is 2.32. The predicted octanol–water partition coefficient (Wildman–Crippen LogP) is 1.66. The van der Waals surface area contributed by atoms with Gasteiger partial charge >= 0.3 is 0 Å². The first kappa shape index (κ1) is 10.5. The van der Waals surface area contributed by atoms with Crippen molar-refractivity contribution in [3.8, 4) is 0 Å². The number of carbonyl (C=O) groups excluding carboxylic acids is 1. The molecule has 0 fully saturated rings. The minimum Gasteiger partial charge on any atom is -0.326 e. The van der Waals surface area contributed by atoms with Crippen molar-refractivity contribution in [2.24, 2.45) is 5.73 Å². The molecule has 0 heterocycles. The van der Waals surface area contributed by atoms with E-state index in [9.17, 15) is 4.79 Å². The maximum atomic E-state index is 11.1. The van der Waals surface area contributed by atoms with E-state index in [1.165, 1.54) is 6.08 Å². The van der Waals surface area contributed by atoms with Gasteiger partial charge in [-0.2, -0.15) is 0 Å². The highest BCUT2D eigenvalue weighted by atomic mass is 16.1. The van der Waals surface area contributed by atoms with E-state index in [1.807, 2.05) is 24.3 Å². The first-order valence-corrected chi connectivity index (χ1v) is 4.49. The van der Waals surface area contributed by atoms with Gasteiger partial charge in [0.05, 0.1) is 0 Å². The van der Waals surface area contributed by atoms with Gasteiger partial charge in [0.15, 0.2) is 0 Å². The fraction of sp³-hybridized carbons (Fsp3) is 0.182. The van der Waals surface area contributed by atoms with Gasteiger partial charge in [0.2, 0.25) is 5.91 Å². The maximum Gasteiger partial charge on any atom is 0.248 e. The minimum atomic E-state index is -0.118. The lowest BCUT2D eigenvalue weighted by Gasteiger charge is -2.02. The Morgan fingerprint density at radius 3 is 2.57 bits per heavy atom. The molecule has 1 rings (SSSR count). The van der Waals surface area contributed by atoms with E-state index in [1.54, 1.807) is 13.0 Å². The van der Waals surface area contributed by atoms with E-state index >= 15 is 0 Å². The van der Waals surface area contributed by atoms with Crippen LogP contribution in [0.5, 0.6) is 0 Å². The summed E-state index contributed by atoms with van der Waals surface area (Å²) in [5, 5.41) is 2.73. The van der Waals surface area contributed by atoms with Gasteiger partial charge in [0.1, 0.15) is 0 Å². The summed E-state index contributed by atoms with van der Waals surface area (Å²) in [6.07, 6.45) is 3.18. The van der Waals surface area contributed by atoms with Crippen LogP contribution in [-0.4, -0.2) is 5.91 Å². The van der Waals surface area contributed by atoms with Crippen LogP contribution in [0.2, 0.25) is 0 Å². The number of hydrogen-bond donors (Lipinski definition) is 2. The molecule has 0 saturated heterocycles. The van der Waals surface area contributed by atoms with Crippen molar-refractivity contribution in [1.82, 2.24) is 0 Å². The van der Waals surface area contributed by atoms with E-state index in [2.05, 4.69) is 5.32 Å². The number of nitrogens with one attached hydrogen (secondary N) is 1. The average Bonchev–Trinajstić information content (AvgIpc) is 2.19. The van der Waals surface area contributed by atoms with Crippen LogP contribution in [0.1, 0.15) is 12.5 Å². The van der Waals surface area contributed by atoms with Crippen LogP contribution in [0.4, 0.5) is 5.69 Å². The fourth-order valence-electron chi connectivity index (χ4n) is 1.06. The van der Waals surface area contributed by atoms with Crippen LogP contribution in [0.25, 0.3) is 0 Å². The second kappa shape index (κ2) is 5.19. The zero-order valence-electron chi connectivity index (χ0n) is 8.16. The quantitative estimate of drug-likeness (QED) is 0.712. The predicted molar refractivity (Wildman–Crippen MR) is 57.8 cm³/mol. The Kier molecular flexibility index (Phi) is 3.88.